The molecule has 30 heavy (non-hydrogen) atoms. The molecule has 3 rings (SSSR count). The number of anilines is 1. The van der Waals surface area contributed by atoms with Gasteiger partial charge in [0.25, 0.3) is 0 Å². The Morgan fingerprint density at radius 2 is 2.03 bits per heavy atom. The van der Waals surface area contributed by atoms with E-state index in [1.165, 1.54) is 0 Å². The Morgan fingerprint density at radius 1 is 1.27 bits per heavy atom. The van der Waals surface area contributed by atoms with Gasteiger partial charge in [0, 0.05) is 22.7 Å². The predicted molar refractivity (Wildman–Crippen MR) is 121 cm³/mol. The average molecular weight is 426 g/mol. The van der Waals surface area contributed by atoms with E-state index in [0.717, 1.165) is 35.4 Å². The van der Waals surface area contributed by atoms with Crippen molar-refractivity contribution < 1.29 is 9.53 Å². The third-order valence-electron chi connectivity index (χ3n) is 4.64. The number of hydrogen-bond donors (Lipinski definition) is 3. The first-order valence-corrected chi connectivity index (χ1v) is 10.1. The SMILES string of the molecule is CC(=N)N1C(=N)CN=C(c2ccc(Cl)cc2)c2cc(OCCCCNC=O)ccc21. The molecule has 2 aromatic carbocycles. The van der Waals surface area contributed by atoms with E-state index in [1.54, 1.807) is 11.8 Å². The van der Waals surface area contributed by atoms with Crippen LogP contribution in [0.3, 0.4) is 0 Å². The number of ether oxygens (including phenoxy) is 1. The number of nitrogens with one attached hydrogen (secondary N) is 3. The Hall–Kier alpha value is -3.19. The van der Waals surface area contributed by atoms with Gasteiger partial charge in [-0.05, 0) is 50.1 Å². The van der Waals surface area contributed by atoms with Crippen molar-refractivity contribution in [1.82, 2.24) is 5.32 Å². The van der Waals surface area contributed by atoms with Crippen LogP contribution in [0, 0.1) is 10.8 Å². The molecule has 1 heterocycles. The van der Waals surface area contributed by atoms with Crippen LogP contribution in [0.5, 0.6) is 5.75 Å². The number of carbonyl (C=O) groups excluding carboxylic acids is 1. The van der Waals surface area contributed by atoms with E-state index in [9.17, 15) is 4.79 Å². The lowest BCUT2D eigenvalue weighted by atomic mass is 9.99. The summed E-state index contributed by atoms with van der Waals surface area (Å²) in [5, 5.41) is 19.8. The maximum Gasteiger partial charge on any atom is 0.207 e. The fraction of sp³-hybridized carbons (Fsp3) is 0.273. The van der Waals surface area contributed by atoms with Crippen LogP contribution < -0.4 is 15.0 Å². The van der Waals surface area contributed by atoms with Gasteiger partial charge in [-0.1, -0.05) is 23.7 Å². The molecule has 0 unspecified atom stereocenters. The molecule has 0 fully saturated rings. The molecule has 0 aliphatic carbocycles. The first-order chi connectivity index (χ1) is 14.5. The zero-order valence-electron chi connectivity index (χ0n) is 16.7. The molecule has 1 aliphatic heterocycles. The van der Waals surface area contributed by atoms with Crippen LogP contribution in [0.15, 0.2) is 47.5 Å². The van der Waals surface area contributed by atoms with Crippen LogP contribution in [0.25, 0.3) is 0 Å². The molecule has 0 saturated heterocycles. The highest BCUT2D eigenvalue weighted by atomic mass is 35.5. The van der Waals surface area contributed by atoms with Crippen molar-refractivity contribution in [3.8, 4) is 5.75 Å². The minimum absolute atomic E-state index is 0.169. The maximum atomic E-state index is 10.3. The third kappa shape index (κ3) is 5.04. The number of amidine groups is 2. The lowest BCUT2D eigenvalue weighted by molar-refractivity contribution is -0.109. The van der Waals surface area contributed by atoms with E-state index in [4.69, 9.17) is 27.2 Å². The first kappa shape index (κ1) is 21.5. The van der Waals surface area contributed by atoms with Crippen LogP contribution in [-0.2, 0) is 4.79 Å². The normalized spacial score (nSPS) is 13.2. The van der Waals surface area contributed by atoms with Gasteiger partial charge in [0.1, 0.15) is 17.4 Å². The zero-order valence-corrected chi connectivity index (χ0v) is 17.5. The summed E-state index contributed by atoms with van der Waals surface area (Å²) in [5.74, 6) is 1.18. The molecule has 156 valence electrons. The summed E-state index contributed by atoms with van der Waals surface area (Å²) in [7, 11) is 0. The molecule has 0 spiro atoms. The number of unbranched alkanes of at least 4 members (excludes halogenated alkanes) is 1. The monoisotopic (exact) mass is 425 g/mol. The van der Waals surface area contributed by atoms with E-state index in [1.807, 2.05) is 42.5 Å². The number of nitrogens with zero attached hydrogens (tertiary/aromatic N) is 2. The van der Waals surface area contributed by atoms with Gasteiger partial charge in [0.2, 0.25) is 6.41 Å². The fourth-order valence-electron chi connectivity index (χ4n) is 3.26. The van der Waals surface area contributed by atoms with Gasteiger partial charge < -0.3 is 10.1 Å². The third-order valence-corrected chi connectivity index (χ3v) is 4.89. The van der Waals surface area contributed by atoms with E-state index in [2.05, 4.69) is 10.3 Å². The van der Waals surface area contributed by atoms with Gasteiger partial charge in [-0.2, -0.15) is 0 Å². The van der Waals surface area contributed by atoms with Gasteiger partial charge in [0.15, 0.2) is 0 Å². The minimum atomic E-state index is 0.169. The fourth-order valence-corrected chi connectivity index (χ4v) is 3.39. The molecule has 1 aliphatic rings. The molecule has 3 N–H and O–H groups in total. The van der Waals surface area contributed by atoms with Gasteiger partial charge in [-0.15, -0.1) is 0 Å². The van der Waals surface area contributed by atoms with Crippen LogP contribution >= 0.6 is 11.6 Å². The Labute approximate surface area is 180 Å². The first-order valence-electron chi connectivity index (χ1n) is 9.68. The van der Waals surface area contributed by atoms with Crippen molar-refractivity contribution in [3.63, 3.8) is 0 Å². The Balaban J connectivity index is 1.92. The number of aliphatic imine (C=N–C) groups is 1. The number of halogens is 1. The molecular weight excluding hydrogens is 402 g/mol. The number of hydrogen-bond acceptors (Lipinski definition) is 5. The number of amides is 1. The molecule has 8 heteroatoms. The molecule has 7 nitrogen and oxygen atoms in total. The number of rotatable bonds is 8. The van der Waals surface area contributed by atoms with Crippen molar-refractivity contribution in [3.05, 3.63) is 58.6 Å². The molecule has 1 amide bonds. The summed E-state index contributed by atoms with van der Waals surface area (Å²) in [5.41, 5.74) is 3.14. The standard InChI is InChI=1S/C22H24ClN5O2/c1-15(24)28-20-9-8-18(30-11-3-2-10-26-14-29)12-19(20)22(27-13-21(28)25)16-4-6-17(23)7-5-16/h4-9,12,14,24-25H,2-3,10-11,13H2,1H3,(H,26,29). The number of benzodiazepines with no additional fused rings is 1. The lowest BCUT2D eigenvalue weighted by Crippen LogP contribution is -2.35. The largest absolute Gasteiger partial charge is 0.494 e. The van der Waals surface area contributed by atoms with Crippen molar-refractivity contribution in [2.24, 2.45) is 4.99 Å². The van der Waals surface area contributed by atoms with Crippen LogP contribution in [0.2, 0.25) is 5.02 Å². The highest BCUT2D eigenvalue weighted by molar-refractivity contribution is 6.31. The number of fused-ring (bicyclic) bond motifs is 1. The van der Waals surface area contributed by atoms with E-state index >= 15 is 0 Å². The highest BCUT2D eigenvalue weighted by Gasteiger charge is 2.25. The van der Waals surface area contributed by atoms with E-state index in [0.29, 0.717) is 30.3 Å². The quantitative estimate of drug-likeness (QED) is 0.259. The van der Waals surface area contributed by atoms with Crippen LogP contribution in [-0.4, -0.2) is 43.5 Å². The Bertz CT molecular complexity index is 972. The van der Waals surface area contributed by atoms with Crippen molar-refractivity contribution in [2.45, 2.75) is 19.8 Å². The minimum Gasteiger partial charge on any atom is -0.494 e. The summed E-state index contributed by atoms with van der Waals surface area (Å²) >= 11 is 6.04. The molecule has 0 bridgehead atoms. The average Bonchev–Trinajstić information content (AvgIpc) is 2.87. The maximum absolute atomic E-state index is 10.3. The summed E-state index contributed by atoms with van der Waals surface area (Å²) in [6.07, 6.45) is 2.34. The zero-order chi connectivity index (χ0) is 21.5. The van der Waals surface area contributed by atoms with Crippen molar-refractivity contribution >= 4 is 41.1 Å². The predicted octanol–water partition coefficient (Wildman–Crippen LogP) is 3.88. The molecule has 0 saturated carbocycles. The summed E-state index contributed by atoms with van der Waals surface area (Å²) in [6.45, 7) is 2.97. The summed E-state index contributed by atoms with van der Waals surface area (Å²) in [4.78, 5) is 16.5. The number of carbonyl (C=O) groups is 1. The van der Waals surface area contributed by atoms with Gasteiger partial charge >= 0.3 is 0 Å². The second-order valence-electron chi connectivity index (χ2n) is 6.85. The number of benzene rings is 2. The molecule has 0 atom stereocenters. The highest BCUT2D eigenvalue weighted by Crippen LogP contribution is 2.31. The summed E-state index contributed by atoms with van der Waals surface area (Å²) < 4.78 is 5.90. The van der Waals surface area contributed by atoms with Gasteiger partial charge in [-0.25, -0.2) is 0 Å². The van der Waals surface area contributed by atoms with Crippen LogP contribution in [0.4, 0.5) is 5.69 Å². The smallest absolute Gasteiger partial charge is 0.207 e. The second-order valence-corrected chi connectivity index (χ2v) is 7.28. The molecule has 2 aromatic rings. The molecule has 0 radical (unpaired) electrons. The van der Waals surface area contributed by atoms with Crippen molar-refractivity contribution in [1.29, 1.82) is 10.8 Å². The second kappa shape index (κ2) is 10.0. The lowest BCUT2D eigenvalue weighted by Gasteiger charge is -2.24. The van der Waals surface area contributed by atoms with Gasteiger partial charge in [0.05, 0.1) is 24.6 Å². The Kier molecular flexibility index (Phi) is 7.19. The van der Waals surface area contributed by atoms with Crippen molar-refractivity contribution in [2.75, 3.05) is 24.6 Å². The molecular formula is C22H24ClN5O2. The molecule has 0 aromatic heterocycles. The van der Waals surface area contributed by atoms with Gasteiger partial charge in [-0.3, -0.25) is 25.5 Å². The van der Waals surface area contributed by atoms with E-state index in [-0.39, 0.29) is 18.2 Å². The van der Waals surface area contributed by atoms with E-state index < -0.39 is 0 Å². The van der Waals surface area contributed by atoms with Crippen LogP contribution in [0.1, 0.15) is 30.9 Å². The Morgan fingerprint density at radius 3 is 2.73 bits per heavy atom. The topological polar surface area (TPSA) is 102 Å². The summed E-state index contributed by atoms with van der Waals surface area (Å²) in [6, 6.07) is 13.0.